The van der Waals surface area contributed by atoms with Gasteiger partial charge in [-0.25, -0.2) is 0 Å². The fraction of sp³-hybridized carbons (Fsp3) is 0.333. The average Bonchev–Trinajstić information content (AvgIpc) is 3.09. The summed E-state index contributed by atoms with van der Waals surface area (Å²) in [5.74, 6) is 0.680. The van der Waals surface area contributed by atoms with Crippen molar-refractivity contribution in [2.75, 3.05) is 31.1 Å². The molecule has 0 unspecified atom stereocenters. The molecule has 2 aliphatic rings. The van der Waals surface area contributed by atoms with Crippen LogP contribution in [-0.4, -0.2) is 48.3 Å². The van der Waals surface area contributed by atoms with E-state index in [1.54, 1.807) is 0 Å². The predicted molar refractivity (Wildman–Crippen MR) is 125 cm³/mol. The normalized spacial score (nSPS) is 18.3. The van der Waals surface area contributed by atoms with Crippen molar-refractivity contribution in [3.05, 3.63) is 64.6 Å². The van der Waals surface area contributed by atoms with Crippen molar-refractivity contribution in [3.8, 4) is 5.75 Å². The lowest BCUT2D eigenvalue weighted by Crippen LogP contribution is -2.47. The lowest BCUT2D eigenvalue weighted by molar-refractivity contribution is -0.113. The number of carbonyl (C=O) groups is 1. The molecule has 0 saturated carbocycles. The van der Waals surface area contributed by atoms with Crippen LogP contribution in [0.2, 0.25) is 0 Å². The van der Waals surface area contributed by atoms with Crippen LogP contribution >= 0.6 is 11.8 Å². The Hall–Kier alpha value is -2.73. The van der Waals surface area contributed by atoms with Crippen molar-refractivity contribution in [2.45, 2.75) is 26.9 Å². The molecule has 0 atom stereocenters. The van der Waals surface area contributed by atoms with E-state index in [0.29, 0.717) is 4.91 Å². The fourth-order valence-electron chi connectivity index (χ4n) is 3.58. The first-order chi connectivity index (χ1) is 14.5. The maximum absolute atomic E-state index is 12.4. The number of hydrogen-bond donors (Lipinski definition) is 0. The van der Waals surface area contributed by atoms with Crippen LogP contribution in [0.1, 0.15) is 25.0 Å². The molecule has 0 spiro atoms. The third-order valence-corrected chi connectivity index (χ3v) is 6.12. The van der Waals surface area contributed by atoms with Crippen LogP contribution in [0.4, 0.5) is 5.69 Å². The molecule has 1 amide bonds. The van der Waals surface area contributed by atoms with Crippen molar-refractivity contribution in [1.29, 1.82) is 0 Å². The third kappa shape index (κ3) is 4.87. The zero-order chi connectivity index (χ0) is 21.1. The number of amidine groups is 1. The van der Waals surface area contributed by atoms with Crippen LogP contribution in [0.15, 0.2) is 58.4 Å². The number of ether oxygens (including phenoxy) is 1. The minimum atomic E-state index is -0.154. The Bertz CT molecular complexity index is 974. The van der Waals surface area contributed by atoms with Crippen LogP contribution < -0.4 is 9.64 Å². The van der Waals surface area contributed by atoms with Crippen LogP contribution in [-0.2, 0) is 4.79 Å². The molecule has 2 aromatic carbocycles. The number of amides is 1. The number of nitrogens with zero attached hydrogens (tertiary/aromatic N) is 3. The summed E-state index contributed by atoms with van der Waals surface area (Å²) in [6.45, 7) is 9.70. The van der Waals surface area contributed by atoms with E-state index in [0.717, 1.165) is 42.7 Å². The first kappa shape index (κ1) is 20.5. The highest BCUT2D eigenvalue weighted by Gasteiger charge is 2.28. The second-order valence-corrected chi connectivity index (χ2v) is 8.87. The van der Waals surface area contributed by atoms with E-state index in [9.17, 15) is 4.79 Å². The molecule has 1 fully saturated rings. The lowest BCUT2D eigenvalue weighted by atomic mass is 10.2. The summed E-state index contributed by atoms with van der Waals surface area (Å²) in [4.78, 5) is 22.0. The SMILES string of the molecule is Cc1cccc(N2CCN(C3=NC(=O)/C(=C\c4ccc(OC(C)C)cc4)S3)CC2)c1. The number of hydrogen-bond acceptors (Lipinski definition) is 5. The van der Waals surface area contributed by atoms with Crippen LogP contribution in [0, 0.1) is 6.92 Å². The van der Waals surface area contributed by atoms with Crippen molar-refractivity contribution in [3.63, 3.8) is 0 Å². The van der Waals surface area contributed by atoms with Gasteiger partial charge in [-0.1, -0.05) is 24.3 Å². The average molecular weight is 422 g/mol. The van der Waals surface area contributed by atoms with E-state index in [1.807, 2.05) is 44.2 Å². The molecule has 30 heavy (non-hydrogen) atoms. The Labute approximate surface area is 182 Å². The van der Waals surface area contributed by atoms with E-state index in [4.69, 9.17) is 4.74 Å². The number of rotatable bonds is 4. The molecule has 0 aromatic heterocycles. The van der Waals surface area contributed by atoms with Gasteiger partial charge in [-0.2, -0.15) is 4.99 Å². The topological polar surface area (TPSA) is 45.1 Å². The van der Waals surface area contributed by atoms with Crippen LogP contribution in [0.5, 0.6) is 5.75 Å². The molecule has 0 N–H and O–H groups in total. The molecule has 156 valence electrons. The molecule has 6 heteroatoms. The quantitative estimate of drug-likeness (QED) is 0.677. The fourth-order valence-corrected chi connectivity index (χ4v) is 4.54. The molecule has 0 radical (unpaired) electrons. The number of carbonyl (C=O) groups excluding carboxylic acids is 1. The van der Waals surface area contributed by atoms with Crippen molar-refractivity contribution < 1.29 is 9.53 Å². The second kappa shape index (κ2) is 8.96. The highest BCUT2D eigenvalue weighted by molar-refractivity contribution is 8.18. The van der Waals surface area contributed by atoms with Gasteiger partial charge in [-0.15, -0.1) is 0 Å². The maximum Gasteiger partial charge on any atom is 0.286 e. The molecule has 0 bridgehead atoms. The molecule has 5 nitrogen and oxygen atoms in total. The molecule has 2 aliphatic heterocycles. The highest BCUT2D eigenvalue weighted by Crippen LogP contribution is 2.31. The van der Waals surface area contributed by atoms with Crippen molar-refractivity contribution in [1.82, 2.24) is 4.90 Å². The number of aryl methyl sites for hydroxylation is 1. The van der Waals surface area contributed by atoms with E-state index in [1.165, 1.54) is 23.0 Å². The molecule has 0 aliphatic carbocycles. The van der Waals surface area contributed by atoms with Gasteiger partial charge in [0.15, 0.2) is 5.17 Å². The Morgan fingerprint density at radius 2 is 1.73 bits per heavy atom. The van der Waals surface area contributed by atoms with Crippen LogP contribution in [0.3, 0.4) is 0 Å². The van der Waals surface area contributed by atoms with E-state index >= 15 is 0 Å². The Morgan fingerprint density at radius 1 is 1.03 bits per heavy atom. The maximum atomic E-state index is 12.4. The minimum absolute atomic E-state index is 0.142. The Balaban J connectivity index is 1.36. The van der Waals surface area contributed by atoms with Gasteiger partial charge in [0, 0.05) is 31.9 Å². The van der Waals surface area contributed by atoms with Crippen molar-refractivity contribution in [2.24, 2.45) is 4.99 Å². The summed E-state index contributed by atoms with van der Waals surface area (Å²) in [5, 5.41) is 0.815. The van der Waals surface area contributed by atoms with Gasteiger partial charge in [-0.05, 0) is 74.0 Å². The monoisotopic (exact) mass is 421 g/mol. The minimum Gasteiger partial charge on any atom is -0.491 e. The molecular formula is C24H27N3O2S. The van der Waals surface area contributed by atoms with Crippen molar-refractivity contribution >= 4 is 34.6 Å². The first-order valence-electron chi connectivity index (χ1n) is 10.3. The standard InChI is InChI=1S/C24H27N3O2S/c1-17(2)29-21-9-7-19(8-10-21)16-22-23(28)25-24(30-22)27-13-11-26(12-14-27)20-6-4-5-18(3)15-20/h4-10,15-17H,11-14H2,1-3H3/b22-16+. The predicted octanol–water partition coefficient (Wildman–Crippen LogP) is 4.57. The molecule has 2 heterocycles. The Morgan fingerprint density at radius 3 is 2.40 bits per heavy atom. The van der Waals surface area contributed by atoms with Gasteiger partial charge in [0.2, 0.25) is 0 Å². The Kier molecular flexibility index (Phi) is 6.13. The second-order valence-electron chi connectivity index (χ2n) is 7.86. The lowest BCUT2D eigenvalue weighted by Gasteiger charge is -2.36. The van der Waals surface area contributed by atoms with E-state index < -0.39 is 0 Å². The smallest absolute Gasteiger partial charge is 0.286 e. The number of aliphatic imine (C=N–C) groups is 1. The molecule has 2 aromatic rings. The summed E-state index contributed by atoms with van der Waals surface area (Å²) >= 11 is 1.47. The first-order valence-corrected chi connectivity index (χ1v) is 11.2. The summed E-state index contributed by atoms with van der Waals surface area (Å²) in [6.07, 6.45) is 2.05. The zero-order valence-electron chi connectivity index (χ0n) is 17.7. The van der Waals surface area contributed by atoms with Gasteiger partial charge in [0.05, 0.1) is 11.0 Å². The number of anilines is 1. The molecule has 1 saturated heterocycles. The van der Waals surface area contributed by atoms with Gasteiger partial charge >= 0.3 is 0 Å². The van der Waals surface area contributed by atoms with Gasteiger partial charge < -0.3 is 14.5 Å². The largest absolute Gasteiger partial charge is 0.491 e. The van der Waals surface area contributed by atoms with E-state index in [-0.39, 0.29) is 12.0 Å². The summed E-state index contributed by atoms with van der Waals surface area (Å²) in [7, 11) is 0. The number of thioether (sulfide) groups is 1. The number of benzene rings is 2. The van der Waals surface area contributed by atoms with Gasteiger partial charge in [0.25, 0.3) is 5.91 Å². The molecule has 4 rings (SSSR count). The summed E-state index contributed by atoms with van der Waals surface area (Å²) in [5.41, 5.74) is 3.51. The third-order valence-electron chi connectivity index (χ3n) is 5.08. The summed E-state index contributed by atoms with van der Waals surface area (Å²) < 4.78 is 5.68. The van der Waals surface area contributed by atoms with Crippen LogP contribution in [0.25, 0.3) is 6.08 Å². The van der Waals surface area contributed by atoms with Gasteiger partial charge in [-0.3, -0.25) is 4.79 Å². The molecular weight excluding hydrogens is 394 g/mol. The zero-order valence-corrected chi connectivity index (χ0v) is 18.5. The van der Waals surface area contributed by atoms with Gasteiger partial charge in [0.1, 0.15) is 5.75 Å². The summed E-state index contributed by atoms with van der Waals surface area (Å²) in [6, 6.07) is 16.4. The van der Waals surface area contributed by atoms with E-state index in [2.05, 4.69) is 46.0 Å². The highest BCUT2D eigenvalue weighted by atomic mass is 32.2. The number of piperazine rings is 1.